The van der Waals surface area contributed by atoms with Crippen LogP contribution in [0.25, 0.3) is 0 Å². The predicted molar refractivity (Wildman–Crippen MR) is 74.0 cm³/mol. The first-order valence-electron chi connectivity index (χ1n) is 5.97. The number of benzene rings is 1. The molecule has 0 saturated heterocycles. The summed E-state index contributed by atoms with van der Waals surface area (Å²) in [6.07, 6.45) is 0.969. The van der Waals surface area contributed by atoms with Crippen LogP contribution in [0.4, 0.5) is 20.7 Å². The molecule has 0 aliphatic rings. The van der Waals surface area contributed by atoms with Crippen molar-refractivity contribution in [3.63, 3.8) is 0 Å². The van der Waals surface area contributed by atoms with Crippen molar-refractivity contribution in [2.45, 2.75) is 6.54 Å². The molecular weight excluding hydrogens is 261 g/mol. The molecule has 0 spiro atoms. The number of amides is 1. The van der Waals surface area contributed by atoms with Crippen LogP contribution >= 0.6 is 0 Å². The summed E-state index contributed by atoms with van der Waals surface area (Å²) >= 11 is 0. The summed E-state index contributed by atoms with van der Waals surface area (Å²) in [7, 11) is 1.28. The van der Waals surface area contributed by atoms with E-state index in [0.717, 1.165) is 5.69 Å². The van der Waals surface area contributed by atoms with E-state index in [2.05, 4.69) is 20.4 Å². The van der Waals surface area contributed by atoms with Crippen LogP contribution in [0.15, 0.2) is 42.6 Å². The first-order valence-corrected chi connectivity index (χ1v) is 5.97. The normalized spacial score (nSPS) is 9.90. The third-order valence-electron chi connectivity index (χ3n) is 2.62. The Morgan fingerprint density at radius 3 is 2.75 bits per heavy atom. The molecule has 1 aromatic heterocycles. The smallest absolute Gasteiger partial charge is 0.412 e. The van der Waals surface area contributed by atoms with Gasteiger partial charge in [0.2, 0.25) is 0 Å². The lowest BCUT2D eigenvalue weighted by Crippen LogP contribution is -2.12. The molecule has 0 radical (unpaired) electrons. The zero-order chi connectivity index (χ0) is 14.4. The number of aromatic nitrogens is 1. The Kier molecular flexibility index (Phi) is 4.49. The van der Waals surface area contributed by atoms with E-state index in [9.17, 15) is 9.18 Å². The molecular formula is C14H14FN3O2. The van der Waals surface area contributed by atoms with Crippen molar-refractivity contribution in [2.24, 2.45) is 0 Å². The van der Waals surface area contributed by atoms with E-state index in [0.29, 0.717) is 17.9 Å². The number of hydrogen-bond acceptors (Lipinski definition) is 4. The molecule has 2 aromatic rings. The second kappa shape index (κ2) is 6.51. The molecule has 104 valence electrons. The van der Waals surface area contributed by atoms with Crippen molar-refractivity contribution in [1.29, 1.82) is 0 Å². The summed E-state index contributed by atoms with van der Waals surface area (Å²) in [5.41, 5.74) is 1.30. The summed E-state index contributed by atoms with van der Waals surface area (Å²) in [6, 6.07) is 9.91. The van der Waals surface area contributed by atoms with Crippen molar-refractivity contribution in [2.75, 3.05) is 17.7 Å². The highest BCUT2D eigenvalue weighted by Crippen LogP contribution is 2.13. The number of carbonyl (C=O) groups is 1. The molecule has 2 rings (SSSR count). The van der Waals surface area contributed by atoms with Crippen LogP contribution in [-0.2, 0) is 11.3 Å². The lowest BCUT2D eigenvalue weighted by atomic mass is 10.2. The minimum atomic E-state index is -0.579. The molecule has 20 heavy (non-hydrogen) atoms. The number of anilines is 2. The van der Waals surface area contributed by atoms with E-state index in [1.165, 1.54) is 13.2 Å². The number of halogens is 1. The van der Waals surface area contributed by atoms with Gasteiger partial charge in [0.1, 0.15) is 11.6 Å². The minimum Gasteiger partial charge on any atom is -0.453 e. The van der Waals surface area contributed by atoms with E-state index < -0.39 is 6.09 Å². The number of pyridine rings is 1. The van der Waals surface area contributed by atoms with Gasteiger partial charge in [0.05, 0.1) is 19.0 Å². The first-order chi connectivity index (χ1) is 9.69. The highest BCUT2D eigenvalue weighted by atomic mass is 19.1. The molecule has 0 bridgehead atoms. The van der Waals surface area contributed by atoms with Crippen molar-refractivity contribution >= 4 is 17.6 Å². The summed E-state index contributed by atoms with van der Waals surface area (Å²) in [4.78, 5) is 15.0. The van der Waals surface area contributed by atoms with Crippen LogP contribution in [-0.4, -0.2) is 18.2 Å². The zero-order valence-corrected chi connectivity index (χ0v) is 10.9. The monoisotopic (exact) mass is 275 g/mol. The maximum atomic E-state index is 13.4. The fourth-order valence-electron chi connectivity index (χ4n) is 1.57. The lowest BCUT2D eigenvalue weighted by molar-refractivity contribution is 0.187. The minimum absolute atomic E-state index is 0.253. The highest BCUT2D eigenvalue weighted by molar-refractivity contribution is 5.83. The number of carbonyl (C=O) groups excluding carboxylic acids is 1. The number of nitrogens with zero attached hydrogens (tertiary/aromatic N) is 1. The van der Waals surface area contributed by atoms with Crippen molar-refractivity contribution in [3.05, 3.63) is 54.0 Å². The summed E-state index contributed by atoms with van der Waals surface area (Å²) < 4.78 is 17.9. The molecule has 5 nitrogen and oxygen atoms in total. The maximum Gasteiger partial charge on any atom is 0.412 e. The molecule has 0 unspecified atom stereocenters. The third kappa shape index (κ3) is 3.68. The second-order valence-corrected chi connectivity index (χ2v) is 3.99. The largest absolute Gasteiger partial charge is 0.453 e. The topological polar surface area (TPSA) is 63.2 Å². The van der Waals surface area contributed by atoms with Gasteiger partial charge in [-0.05, 0) is 18.2 Å². The average Bonchev–Trinajstić information content (AvgIpc) is 2.48. The summed E-state index contributed by atoms with van der Waals surface area (Å²) in [5, 5.41) is 5.49. The lowest BCUT2D eigenvalue weighted by Gasteiger charge is -2.08. The van der Waals surface area contributed by atoms with Gasteiger partial charge in [-0.3, -0.25) is 5.32 Å². The Morgan fingerprint density at radius 2 is 2.10 bits per heavy atom. The third-order valence-corrected chi connectivity index (χ3v) is 2.62. The fraction of sp³-hybridized carbons (Fsp3) is 0.143. The van der Waals surface area contributed by atoms with Gasteiger partial charge in [0, 0.05) is 12.1 Å². The Labute approximate surface area is 115 Å². The van der Waals surface area contributed by atoms with Gasteiger partial charge in [-0.2, -0.15) is 0 Å². The molecule has 0 fully saturated rings. The van der Waals surface area contributed by atoms with E-state index in [1.54, 1.807) is 36.5 Å². The average molecular weight is 275 g/mol. The van der Waals surface area contributed by atoms with Gasteiger partial charge in [-0.15, -0.1) is 0 Å². The molecule has 0 aliphatic heterocycles. The van der Waals surface area contributed by atoms with Gasteiger partial charge in [0.15, 0.2) is 0 Å². The summed E-state index contributed by atoms with van der Waals surface area (Å²) in [5.74, 6) is 0.130. The van der Waals surface area contributed by atoms with Crippen molar-refractivity contribution in [3.8, 4) is 0 Å². The van der Waals surface area contributed by atoms with Crippen LogP contribution in [0, 0.1) is 5.82 Å². The maximum absolute atomic E-state index is 13.4. The number of ether oxygens (including phenoxy) is 1. The van der Waals surface area contributed by atoms with Gasteiger partial charge in [-0.1, -0.05) is 18.2 Å². The second-order valence-electron chi connectivity index (χ2n) is 3.99. The predicted octanol–water partition coefficient (Wildman–Crippen LogP) is 3.01. The van der Waals surface area contributed by atoms with Crippen LogP contribution in [0.2, 0.25) is 0 Å². The quantitative estimate of drug-likeness (QED) is 0.900. The standard InChI is InChI=1S/C14H14FN3O2/c1-20-14(19)18-13-7-6-11(9-17-13)16-8-10-4-2-3-5-12(10)15/h2-7,9,16H,8H2,1H3,(H,17,18,19). The van der Waals surface area contributed by atoms with E-state index in [4.69, 9.17) is 0 Å². The molecule has 0 atom stereocenters. The van der Waals surface area contributed by atoms with Crippen molar-refractivity contribution in [1.82, 2.24) is 4.98 Å². The van der Waals surface area contributed by atoms with Gasteiger partial charge < -0.3 is 10.1 Å². The Balaban J connectivity index is 1.94. The van der Waals surface area contributed by atoms with Crippen molar-refractivity contribution < 1.29 is 13.9 Å². The molecule has 0 saturated carbocycles. The fourth-order valence-corrected chi connectivity index (χ4v) is 1.57. The summed E-state index contributed by atoms with van der Waals surface area (Å²) in [6.45, 7) is 0.359. The molecule has 0 aliphatic carbocycles. The van der Waals surface area contributed by atoms with E-state index in [-0.39, 0.29) is 5.82 Å². The highest BCUT2D eigenvalue weighted by Gasteiger charge is 2.03. The Morgan fingerprint density at radius 1 is 1.30 bits per heavy atom. The number of hydrogen-bond donors (Lipinski definition) is 2. The van der Waals surface area contributed by atoms with E-state index >= 15 is 0 Å². The number of rotatable bonds is 4. The van der Waals surface area contributed by atoms with Crippen LogP contribution in [0.5, 0.6) is 0 Å². The molecule has 6 heteroatoms. The van der Waals surface area contributed by atoms with Crippen LogP contribution in [0.3, 0.4) is 0 Å². The zero-order valence-electron chi connectivity index (χ0n) is 10.9. The van der Waals surface area contributed by atoms with Crippen LogP contribution in [0.1, 0.15) is 5.56 Å². The first kappa shape index (κ1) is 13.8. The van der Waals surface area contributed by atoms with Crippen LogP contribution < -0.4 is 10.6 Å². The van der Waals surface area contributed by atoms with Gasteiger partial charge in [0.25, 0.3) is 0 Å². The number of methoxy groups -OCH3 is 1. The molecule has 1 aromatic carbocycles. The SMILES string of the molecule is COC(=O)Nc1ccc(NCc2ccccc2F)cn1. The molecule has 1 amide bonds. The Hall–Kier alpha value is -2.63. The molecule has 1 heterocycles. The number of nitrogens with one attached hydrogen (secondary N) is 2. The van der Waals surface area contributed by atoms with E-state index in [1.807, 2.05) is 0 Å². The van der Waals surface area contributed by atoms with Gasteiger partial charge >= 0.3 is 6.09 Å². The Bertz CT molecular complexity index is 587. The van der Waals surface area contributed by atoms with Gasteiger partial charge in [-0.25, -0.2) is 14.2 Å². The molecule has 2 N–H and O–H groups in total.